The molecule has 0 aliphatic heterocycles. The normalized spacial score (nSPS) is 10.5. The van der Waals surface area contributed by atoms with Crippen molar-refractivity contribution < 1.29 is 4.79 Å². The average molecular weight is 352 g/mol. The number of hydrogen-bond donors (Lipinski definition) is 1. The van der Waals surface area contributed by atoms with Gasteiger partial charge in [-0.15, -0.1) is 16.4 Å². The molecule has 0 aliphatic rings. The minimum Gasteiger partial charge on any atom is -0.300 e. The first kappa shape index (κ1) is 16.8. The number of hydrogen-bond acceptors (Lipinski definition) is 6. The van der Waals surface area contributed by atoms with Crippen LogP contribution in [0.1, 0.15) is 22.5 Å². The summed E-state index contributed by atoms with van der Waals surface area (Å²) in [4.78, 5) is 20.4. The Morgan fingerprint density at radius 1 is 1.32 bits per heavy atom. The van der Waals surface area contributed by atoms with Crippen LogP contribution in [0.5, 0.6) is 0 Å². The number of anilines is 1. The molecule has 0 unspecified atom stereocenters. The molecule has 0 saturated carbocycles. The third kappa shape index (κ3) is 3.72. The van der Waals surface area contributed by atoms with Gasteiger partial charge in [-0.3, -0.25) is 4.79 Å². The first-order valence-electron chi connectivity index (χ1n) is 7.59. The Labute approximate surface area is 149 Å². The highest BCUT2D eigenvalue weighted by atomic mass is 32.1. The predicted molar refractivity (Wildman–Crippen MR) is 95.1 cm³/mol. The summed E-state index contributed by atoms with van der Waals surface area (Å²) < 4.78 is 1.32. The number of aromatic nitrogens is 4. The van der Waals surface area contributed by atoms with Crippen molar-refractivity contribution >= 4 is 22.4 Å². The first-order valence-corrected chi connectivity index (χ1v) is 8.47. The molecule has 126 valence electrons. The van der Waals surface area contributed by atoms with Gasteiger partial charge in [-0.25, -0.2) is 14.6 Å². The van der Waals surface area contributed by atoms with Crippen molar-refractivity contribution in [3.8, 4) is 17.3 Å². The fraction of sp³-hybridized carbons (Fsp3) is 0.235. The van der Waals surface area contributed by atoms with E-state index in [-0.39, 0.29) is 18.3 Å². The lowest BCUT2D eigenvalue weighted by molar-refractivity contribution is -0.116. The van der Waals surface area contributed by atoms with E-state index >= 15 is 0 Å². The Morgan fingerprint density at radius 3 is 2.68 bits per heavy atom. The van der Waals surface area contributed by atoms with E-state index in [2.05, 4.69) is 53.3 Å². The number of nitrogens with one attached hydrogen (secondary N) is 1. The zero-order valence-corrected chi connectivity index (χ0v) is 14.9. The summed E-state index contributed by atoms with van der Waals surface area (Å²) in [5.41, 5.74) is 5.48. The fourth-order valence-electron chi connectivity index (χ4n) is 2.76. The molecule has 1 aromatic carbocycles. The molecule has 1 N–H and O–H groups in total. The van der Waals surface area contributed by atoms with E-state index in [0.717, 1.165) is 22.4 Å². The highest BCUT2D eigenvalue weighted by molar-refractivity contribution is 7.14. The third-order valence-electron chi connectivity index (χ3n) is 3.63. The van der Waals surface area contributed by atoms with Crippen LogP contribution in [0.3, 0.4) is 0 Å². The Hall–Kier alpha value is -3.05. The molecular formula is C17H16N6OS. The summed E-state index contributed by atoms with van der Waals surface area (Å²) in [7, 11) is 0. The molecule has 0 fully saturated rings. The largest absolute Gasteiger partial charge is 0.300 e. The SMILES string of the molecule is Cc1cc(C)c(-c2csc(NC(=O)Cn3cnc(C#N)n3)n2)c(C)c1. The molecular weight excluding hydrogens is 336 g/mol. The second-order valence-electron chi connectivity index (χ2n) is 5.74. The summed E-state index contributed by atoms with van der Waals surface area (Å²) in [6, 6.07) is 6.07. The Bertz CT molecular complexity index is 958. The summed E-state index contributed by atoms with van der Waals surface area (Å²) in [5.74, 6) is -0.234. The molecule has 25 heavy (non-hydrogen) atoms. The van der Waals surface area contributed by atoms with Crippen LogP contribution in [0.2, 0.25) is 0 Å². The number of nitriles is 1. The van der Waals surface area contributed by atoms with Gasteiger partial charge in [-0.2, -0.15) is 5.26 Å². The molecule has 0 radical (unpaired) electrons. The number of carbonyl (C=O) groups is 1. The van der Waals surface area contributed by atoms with E-state index in [4.69, 9.17) is 5.26 Å². The first-order chi connectivity index (χ1) is 12.0. The van der Waals surface area contributed by atoms with Crippen LogP contribution in [0, 0.1) is 32.1 Å². The van der Waals surface area contributed by atoms with Crippen LogP contribution in [0.4, 0.5) is 5.13 Å². The second kappa shape index (κ2) is 6.83. The second-order valence-corrected chi connectivity index (χ2v) is 6.60. The quantitative estimate of drug-likeness (QED) is 0.779. The fourth-order valence-corrected chi connectivity index (χ4v) is 3.48. The molecule has 2 heterocycles. The van der Waals surface area contributed by atoms with E-state index in [1.807, 2.05) is 11.4 Å². The minimum absolute atomic E-state index is 0.0216. The van der Waals surface area contributed by atoms with Crippen LogP contribution in [-0.4, -0.2) is 25.7 Å². The zero-order valence-electron chi connectivity index (χ0n) is 14.1. The van der Waals surface area contributed by atoms with E-state index in [1.165, 1.54) is 27.9 Å². The van der Waals surface area contributed by atoms with Crippen LogP contribution in [-0.2, 0) is 11.3 Å². The van der Waals surface area contributed by atoms with Gasteiger partial charge in [0.1, 0.15) is 18.9 Å². The molecule has 1 amide bonds. The van der Waals surface area contributed by atoms with E-state index < -0.39 is 0 Å². The van der Waals surface area contributed by atoms with Crippen LogP contribution >= 0.6 is 11.3 Å². The number of nitrogens with zero attached hydrogens (tertiary/aromatic N) is 5. The standard InChI is InChI=1S/C17H16N6OS/c1-10-4-11(2)16(12(3)5-10)13-8-25-17(20-13)21-15(24)7-23-9-19-14(6-18)22-23/h4-5,8-9H,7H2,1-3H3,(H,20,21,24). The molecule has 0 spiro atoms. The van der Waals surface area contributed by atoms with Crippen molar-refractivity contribution in [3.63, 3.8) is 0 Å². The van der Waals surface area contributed by atoms with Gasteiger partial charge in [0.25, 0.3) is 5.82 Å². The number of rotatable bonds is 4. The zero-order chi connectivity index (χ0) is 18.0. The summed E-state index contributed by atoms with van der Waals surface area (Å²) >= 11 is 1.37. The highest BCUT2D eigenvalue weighted by Gasteiger charge is 2.13. The molecule has 0 aliphatic carbocycles. The smallest absolute Gasteiger partial charge is 0.252 e. The highest BCUT2D eigenvalue weighted by Crippen LogP contribution is 2.31. The van der Waals surface area contributed by atoms with Gasteiger partial charge >= 0.3 is 0 Å². The van der Waals surface area contributed by atoms with Gasteiger partial charge < -0.3 is 5.32 Å². The van der Waals surface area contributed by atoms with E-state index in [0.29, 0.717) is 5.13 Å². The summed E-state index contributed by atoms with van der Waals surface area (Å²) in [6.07, 6.45) is 1.35. The van der Waals surface area contributed by atoms with Crippen molar-refractivity contribution in [2.45, 2.75) is 27.3 Å². The molecule has 3 rings (SSSR count). The van der Waals surface area contributed by atoms with Crippen molar-refractivity contribution in [3.05, 3.63) is 46.4 Å². The molecule has 2 aromatic heterocycles. The Balaban J connectivity index is 1.74. The molecule has 0 bridgehead atoms. The Morgan fingerprint density at radius 2 is 2.04 bits per heavy atom. The Kier molecular flexibility index (Phi) is 4.59. The summed E-state index contributed by atoms with van der Waals surface area (Å²) in [6.45, 7) is 6.17. The molecule has 8 heteroatoms. The number of benzene rings is 1. The van der Waals surface area contributed by atoms with Gasteiger partial charge in [0.2, 0.25) is 5.91 Å². The number of aryl methyl sites for hydroxylation is 3. The van der Waals surface area contributed by atoms with Crippen LogP contribution in [0.25, 0.3) is 11.3 Å². The molecule has 0 atom stereocenters. The molecule has 3 aromatic rings. The maximum absolute atomic E-state index is 12.1. The van der Waals surface area contributed by atoms with Crippen molar-refractivity contribution in [2.24, 2.45) is 0 Å². The van der Waals surface area contributed by atoms with Crippen molar-refractivity contribution in [2.75, 3.05) is 5.32 Å². The van der Waals surface area contributed by atoms with Gasteiger partial charge in [0, 0.05) is 10.9 Å². The third-order valence-corrected chi connectivity index (χ3v) is 4.38. The van der Waals surface area contributed by atoms with Gasteiger partial charge in [-0.1, -0.05) is 17.7 Å². The summed E-state index contributed by atoms with van der Waals surface area (Å²) in [5, 5.41) is 17.8. The molecule has 0 saturated heterocycles. The van der Waals surface area contributed by atoms with Gasteiger partial charge in [-0.05, 0) is 31.9 Å². The van der Waals surface area contributed by atoms with Crippen LogP contribution in [0.15, 0.2) is 23.8 Å². The van der Waals surface area contributed by atoms with E-state index in [1.54, 1.807) is 0 Å². The lowest BCUT2D eigenvalue weighted by atomic mass is 9.98. The average Bonchev–Trinajstić information content (AvgIpc) is 3.16. The molecule has 7 nitrogen and oxygen atoms in total. The van der Waals surface area contributed by atoms with Gasteiger partial charge in [0.05, 0.1) is 5.69 Å². The number of amides is 1. The lowest BCUT2D eigenvalue weighted by Crippen LogP contribution is -2.19. The predicted octanol–water partition coefficient (Wildman–Crippen LogP) is 2.84. The lowest BCUT2D eigenvalue weighted by Gasteiger charge is -2.08. The van der Waals surface area contributed by atoms with Crippen molar-refractivity contribution in [1.29, 1.82) is 5.26 Å². The van der Waals surface area contributed by atoms with E-state index in [9.17, 15) is 4.79 Å². The number of carbonyl (C=O) groups excluding carboxylic acids is 1. The monoisotopic (exact) mass is 352 g/mol. The van der Waals surface area contributed by atoms with Crippen molar-refractivity contribution in [1.82, 2.24) is 19.7 Å². The van der Waals surface area contributed by atoms with Crippen LogP contribution < -0.4 is 5.32 Å². The topological polar surface area (TPSA) is 96.5 Å². The number of thiazole rings is 1. The maximum Gasteiger partial charge on any atom is 0.252 e. The van der Waals surface area contributed by atoms with Gasteiger partial charge in [0.15, 0.2) is 5.13 Å². The maximum atomic E-state index is 12.1. The minimum atomic E-state index is -0.271.